The molecular formula is C11H12ClNS. The first kappa shape index (κ1) is 9.97. The van der Waals surface area contributed by atoms with Gasteiger partial charge in [0, 0.05) is 14.6 Å². The Kier molecular flexibility index (Phi) is 3.06. The third-order valence-electron chi connectivity index (χ3n) is 2.16. The van der Waals surface area contributed by atoms with Crippen molar-refractivity contribution in [3.8, 4) is 0 Å². The van der Waals surface area contributed by atoms with E-state index in [4.69, 9.17) is 17.3 Å². The Morgan fingerprint density at radius 2 is 2.14 bits per heavy atom. The molecule has 0 aliphatic carbocycles. The summed E-state index contributed by atoms with van der Waals surface area (Å²) in [6.45, 7) is 0.759. The minimum Gasteiger partial charge on any atom is -0.330 e. The van der Waals surface area contributed by atoms with Crippen molar-refractivity contribution < 1.29 is 0 Å². The summed E-state index contributed by atoms with van der Waals surface area (Å²) in [4.78, 5) is 1.40. The third kappa shape index (κ3) is 2.08. The maximum absolute atomic E-state index is 5.92. The normalized spacial score (nSPS) is 11.0. The highest BCUT2D eigenvalue weighted by atomic mass is 35.5. The van der Waals surface area contributed by atoms with Gasteiger partial charge in [0.05, 0.1) is 0 Å². The quantitative estimate of drug-likeness (QED) is 0.851. The van der Waals surface area contributed by atoms with Crippen molar-refractivity contribution in [3.63, 3.8) is 0 Å². The second-order valence-corrected chi connectivity index (χ2v) is 4.89. The molecule has 1 aromatic heterocycles. The molecule has 3 heteroatoms. The van der Waals surface area contributed by atoms with Crippen molar-refractivity contribution in [2.45, 2.75) is 12.8 Å². The standard InChI is InChI=1S/C11H12ClNS/c12-9-3-4-11-8(6-9)7-10(14-11)2-1-5-13/h3-4,6-7H,1-2,5,13H2. The van der Waals surface area contributed by atoms with E-state index in [1.165, 1.54) is 15.0 Å². The molecule has 0 saturated carbocycles. The first-order valence-corrected chi connectivity index (χ1v) is 5.87. The summed E-state index contributed by atoms with van der Waals surface area (Å²) in [5.74, 6) is 0. The molecule has 1 aromatic carbocycles. The summed E-state index contributed by atoms with van der Waals surface area (Å²) in [7, 11) is 0. The lowest BCUT2D eigenvalue weighted by atomic mass is 10.2. The lowest BCUT2D eigenvalue weighted by molar-refractivity contribution is 0.843. The van der Waals surface area contributed by atoms with E-state index in [0.717, 1.165) is 24.4 Å². The van der Waals surface area contributed by atoms with Gasteiger partial charge in [-0.25, -0.2) is 0 Å². The van der Waals surface area contributed by atoms with Gasteiger partial charge in [-0.1, -0.05) is 11.6 Å². The van der Waals surface area contributed by atoms with Gasteiger partial charge < -0.3 is 5.73 Å². The number of halogens is 1. The minimum absolute atomic E-state index is 0.759. The average Bonchev–Trinajstić information content (AvgIpc) is 2.56. The SMILES string of the molecule is NCCCc1cc2cc(Cl)ccc2s1. The number of fused-ring (bicyclic) bond motifs is 1. The molecule has 0 atom stereocenters. The number of thiophene rings is 1. The Morgan fingerprint density at radius 3 is 2.93 bits per heavy atom. The lowest BCUT2D eigenvalue weighted by Gasteiger charge is -1.91. The zero-order valence-electron chi connectivity index (χ0n) is 7.79. The van der Waals surface area contributed by atoms with Crippen molar-refractivity contribution in [2.24, 2.45) is 5.73 Å². The highest BCUT2D eigenvalue weighted by molar-refractivity contribution is 7.19. The highest BCUT2D eigenvalue weighted by Crippen LogP contribution is 2.28. The van der Waals surface area contributed by atoms with Crippen LogP contribution in [-0.4, -0.2) is 6.54 Å². The number of hydrogen-bond acceptors (Lipinski definition) is 2. The van der Waals surface area contributed by atoms with E-state index >= 15 is 0 Å². The van der Waals surface area contributed by atoms with Gasteiger partial charge in [0.15, 0.2) is 0 Å². The average molecular weight is 226 g/mol. The molecule has 0 radical (unpaired) electrons. The second kappa shape index (κ2) is 4.30. The molecule has 0 fully saturated rings. The van der Waals surface area contributed by atoms with Gasteiger partial charge in [0.25, 0.3) is 0 Å². The van der Waals surface area contributed by atoms with Gasteiger partial charge >= 0.3 is 0 Å². The number of aryl methyl sites for hydroxylation is 1. The number of benzene rings is 1. The Bertz CT molecular complexity index is 436. The fraction of sp³-hybridized carbons (Fsp3) is 0.273. The third-order valence-corrected chi connectivity index (χ3v) is 3.57. The molecule has 0 aliphatic rings. The topological polar surface area (TPSA) is 26.0 Å². The molecule has 0 amide bonds. The fourth-order valence-corrected chi connectivity index (χ4v) is 2.74. The fourth-order valence-electron chi connectivity index (χ4n) is 1.47. The summed E-state index contributed by atoms with van der Waals surface area (Å²) >= 11 is 7.75. The van der Waals surface area contributed by atoms with Crippen LogP contribution in [-0.2, 0) is 6.42 Å². The van der Waals surface area contributed by atoms with Gasteiger partial charge in [-0.15, -0.1) is 11.3 Å². The molecule has 2 rings (SSSR count). The predicted octanol–water partition coefficient (Wildman–Crippen LogP) is 3.45. The van der Waals surface area contributed by atoms with Crippen LogP contribution in [0.1, 0.15) is 11.3 Å². The van der Waals surface area contributed by atoms with E-state index < -0.39 is 0 Å². The smallest absolute Gasteiger partial charge is 0.0412 e. The summed E-state index contributed by atoms with van der Waals surface area (Å²) in [5.41, 5.74) is 5.48. The minimum atomic E-state index is 0.759. The van der Waals surface area contributed by atoms with Crippen LogP contribution in [0.4, 0.5) is 0 Å². The van der Waals surface area contributed by atoms with Crippen LogP contribution in [0.2, 0.25) is 5.02 Å². The van der Waals surface area contributed by atoms with Crippen LogP contribution in [0.5, 0.6) is 0 Å². The molecule has 0 bridgehead atoms. The molecule has 74 valence electrons. The molecule has 2 N–H and O–H groups in total. The van der Waals surface area contributed by atoms with Crippen molar-refractivity contribution in [2.75, 3.05) is 6.54 Å². The second-order valence-electron chi connectivity index (χ2n) is 3.29. The summed E-state index contributed by atoms with van der Waals surface area (Å²) in [6, 6.07) is 8.24. The molecule has 0 unspecified atom stereocenters. The lowest BCUT2D eigenvalue weighted by Crippen LogP contribution is -1.99. The van der Waals surface area contributed by atoms with Crippen LogP contribution in [0.3, 0.4) is 0 Å². The van der Waals surface area contributed by atoms with Gasteiger partial charge in [-0.05, 0) is 49.0 Å². The van der Waals surface area contributed by atoms with Gasteiger partial charge in [0.2, 0.25) is 0 Å². The molecule has 1 heterocycles. The summed E-state index contributed by atoms with van der Waals surface area (Å²) in [6.07, 6.45) is 2.13. The van der Waals surface area contributed by atoms with E-state index in [0.29, 0.717) is 0 Å². The maximum Gasteiger partial charge on any atom is 0.0412 e. The Morgan fingerprint density at radius 1 is 1.29 bits per heavy atom. The maximum atomic E-state index is 5.92. The van der Waals surface area contributed by atoms with Gasteiger partial charge in [-0.2, -0.15) is 0 Å². The van der Waals surface area contributed by atoms with E-state index in [2.05, 4.69) is 12.1 Å². The van der Waals surface area contributed by atoms with Crippen LogP contribution >= 0.6 is 22.9 Å². The van der Waals surface area contributed by atoms with E-state index in [-0.39, 0.29) is 0 Å². The van der Waals surface area contributed by atoms with Gasteiger partial charge in [-0.3, -0.25) is 0 Å². The first-order chi connectivity index (χ1) is 6.79. The van der Waals surface area contributed by atoms with Crippen LogP contribution in [0, 0.1) is 0 Å². The van der Waals surface area contributed by atoms with Gasteiger partial charge in [0.1, 0.15) is 0 Å². The molecule has 1 nitrogen and oxygen atoms in total. The van der Waals surface area contributed by atoms with Crippen LogP contribution in [0.25, 0.3) is 10.1 Å². The molecule has 14 heavy (non-hydrogen) atoms. The molecule has 0 spiro atoms. The number of rotatable bonds is 3. The summed E-state index contributed by atoms with van der Waals surface area (Å²) < 4.78 is 1.31. The van der Waals surface area contributed by atoms with Crippen molar-refractivity contribution in [1.29, 1.82) is 0 Å². The Hall–Kier alpha value is -0.570. The van der Waals surface area contributed by atoms with Crippen molar-refractivity contribution in [3.05, 3.63) is 34.2 Å². The van der Waals surface area contributed by atoms with E-state index in [9.17, 15) is 0 Å². The zero-order chi connectivity index (χ0) is 9.97. The molecule has 0 aliphatic heterocycles. The van der Waals surface area contributed by atoms with Crippen molar-refractivity contribution in [1.82, 2.24) is 0 Å². The van der Waals surface area contributed by atoms with Crippen LogP contribution < -0.4 is 5.73 Å². The van der Waals surface area contributed by atoms with E-state index in [1.807, 2.05) is 23.5 Å². The predicted molar refractivity (Wildman–Crippen MR) is 64.2 cm³/mol. The molecular weight excluding hydrogens is 214 g/mol. The zero-order valence-corrected chi connectivity index (χ0v) is 9.37. The monoisotopic (exact) mass is 225 g/mol. The van der Waals surface area contributed by atoms with Crippen molar-refractivity contribution >= 4 is 33.0 Å². The summed E-state index contributed by atoms with van der Waals surface area (Å²) in [5, 5.41) is 2.05. The number of hydrogen-bond donors (Lipinski definition) is 1. The highest BCUT2D eigenvalue weighted by Gasteiger charge is 2.01. The molecule has 2 aromatic rings. The van der Waals surface area contributed by atoms with Crippen LogP contribution in [0.15, 0.2) is 24.3 Å². The number of nitrogens with two attached hydrogens (primary N) is 1. The first-order valence-electron chi connectivity index (χ1n) is 4.67. The Balaban J connectivity index is 2.32. The Labute approximate surface area is 92.5 Å². The van der Waals surface area contributed by atoms with E-state index in [1.54, 1.807) is 0 Å². The largest absolute Gasteiger partial charge is 0.330 e. The molecule has 0 saturated heterocycles.